The van der Waals surface area contributed by atoms with E-state index < -0.39 is 0 Å². The van der Waals surface area contributed by atoms with Crippen molar-refractivity contribution in [2.75, 3.05) is 38.3 Å². The molecule has 0 unspecified atom stereocenters. The van der Waals surface area contributed by atoms with Gasteiger partial charge in [0, 0.05) is 49.7 Å². The second kappa shape index (κ2) is 9.30. The van der Waals surface area contributed by atoms with Crippen LogP contribution < -0.4 is 10.2 Å². The van der Waals surface area contributed by atoms with Crippen LogP contribution in [0.4, 0.5) is 5.13 Å². The fourth-order valence-electron chi connectivity index (χ4n) is 3.02. The first kappa shape index (κ1) is 19.1. The summed E-state index contributed by atoms with van der Waals surface area (Å²) in [6, 6.07) is 7.73. The van der Waals surface area contributed by atoms with Gasteiger partial charge in [-0.2, -0.15) is 4.37 Å². The number of ether oxygens (including phenoxy) is 1. The molecule has 1 N–H and O–H groups in total. The number of carbonyl (C=O) groups is 1. The first-order chi connectivity index (χ1) is 12.7. The van der Waals surface area contributed by atoms with Gasteiger partial charge in [-0.05, 0) is 30.5 Å². The van der Waals surface area contributed by atoms with Gasteiger partial charge in [0.2, 0.25) is 11.0 Å². The Balaban J connectivity index is 1.57. The van der Waals surface area contributed by atoms with Gasteiger partial charge in [-0.25, -0.2) is 4.98 Å². The van der Waals surface area contributed by atoms with Crippen LogP contribution in [0.25, 0.3) is 0 Å². The largest absolute Gasteiger partial charge is 0.383 e. The van der Waals surface area contributed by atoms with Crippen LogP contribution in [0, 0.1) is 5.92 Å². The summed E-state index contributed by atoms with van der Waals surface area (Å²) in [6.45, 7) is 2.69. The molecule has 3 rings (SSSR count). The zero-order valence-electron chi connectivity index (χ0n) is 14.8. The van der Waals surface area contributed by atoms with Gasteiger partial charge >= 0.3 is 0 Å². The van der Waals surface area contributed by atoms with E-state index in [0.29, 0.717) is 26.1 Å². The molecule has 0 bridgehead atoms. The number of halogens is 1. The van der Waals surface area contributed by atoms with E-state index in [9.17, 15) is 4.79 Å². The Morgan fingerprint density at radius 1 is 1.42 bits per heavy atom. The van der Waals surface area contributed by atoms with E-state index in [1.165, 1.54) is 11.5 Å². The van der Waals surface area contributed by atoms with Crippen molar-refractivity contribution in [3.8, 4) is 0 Å². The first-order valence-electron chi connectivity index (χ1n) is 8.74. The lowest BCUT2D eigenvalue weighted by Gasteiger charge is -2.31. The van der Waals surface area contributed by atoms with Crippen LogP contribution in [0.1, 0.15) is 24.2 Å². The van der Waals surface area contributed by atoms with Gasteiger partial charge in [0.15, 0.2) is 0 Å². The van der Waals surface area contributed by atoms with Gasteiger partial charge in [0.1, 0.15) is 5.82 Å². The average molecular weight is 395 g/mol. The lowest BCUT2D eigenvalue weighted by Crippen LogP contribution is -2.43. The number of anilines is 1. The van der Waals surface area contributed by atoms with Crippen molar-refractivity contribution in [3.63, 3.8) is 0 Å². The Bertz CT molecular complexity index is 722. The van der Waals surface area contributed by atoms with Gasteiger partial charge in [-0.1, -0.05) is 23.7 Å². The van der Waals surface area contributed by atoms with Gasteiger partial charge in [0.05, 0.1) is 12.5 Å². The van der Waals surface area contributed by atoms with E-state index in [2.05, 4.69) is 19.6 Å². The number of carbonyl (C=O) groups excluding carboxylic acids is 1. The molecule has 0 aliphatic carbocycles. The van der Waals surface area contributed by atoms with Crippen LogP contribution in [0.15, 0.2) is 24.3 Å². The van der Waals surface area contributed by atoms with Crippen molar-refractivity contribution in [1.29, 1.82) is 0 Å². The number of nitrogens with zero attached hydrogens (tertiary/aromatic N) is 3. The van der Waals surface area contributed by atoms with Crippen molar-refractivity contribution in [2.45, 2.75) is 19.3 Å². The van der Waals surface area contributed by atoms with Crippen LogP contribution in [-0.2, 0) is 16.0 Å². The summed E-state index contributed by atoms with van der Waals surface area (Å²) < 4.78 is 9.46. The SMILES string of the molecule is COCCNC(=O)[C@@H]1CCCN(c2nc(Cc3ccc(Cl)cc3)ns2)C1. The number of hydrogen-bond acceptors (Lipinski definition) is 6. The lowest BCUT2D eigenvalue weighted by molar-refractivity contribution is -0.125. The predicted molar refractivity (Wildman–Crippen MR) is 104 cm³/mol. The molecule has 1 fully saturated rings. The first-order valence-corrected chi connectivity index (χ1v) is 9.89. The molecule has 1 saturated heterocycles. The molecular weight excluding hydrogens is 372 g/mol. The lowest BCUT2D eigenvalue weighted by atomic mass is 9.97. The summed E-state index contributed by atoms with van der Waals surface area (Å²) in [5.74, 6) is 0.890. The van der Waals surface area contributed by atoms with Crippen LogP contribution in [0.5, 0.6) is 0 Å². The van der Waals surface area contributed by atoms with E-state index >= 15 is 0 Å². The number of amides is 1. The molecule has 1 amide bonds. The van der Waals surface area contributed by atoms with Crippen LogP contribution in [0.3, 0.4) is 0 Å². The highest BCUT2D eigenvalue weighted by atomic mass is 35.5. The molecule has 0 spiro atoms. The zero-order chi connectivity index (χ0) is 18.4. The van der Waals surface area contributed by atoms with E-state index in [1.807, 2.05) is 24.3 Å². The van der Waals surface area contributed by atoms with Crippen molar-refractivity contribution in [2.24, 2.45) is 5.92 Å². The maximum absolute atomic E-state index is 12.3. The van der Waals surface area contributed by atoms with Gasteiger partial charge in [0.25, 0.3) is 0 Å². The third kappa shape index (κ3) is 5.16. The standard InChI is InChI=1S/C18H23ClN4O2S/c1-25-10-8-20-17(24)14-3-2-9-23(12-14)18-21-16(22-26-18)11-13-4-6-15(19)7-5-13/h4-7,14H,2-3,8-12H2,1H3,(H,20,24)/t14-/m1/s1. The van der Waals surface area contributed by atoms with Crippen LogP contribution >= 0.6 is 23.1 Å². The van der Waals surface area contributed by atoms with Gasteiger partial charge in [-0.3, -0.25) is 4.79 Å². The monoisotopic (exact) mass is 394 g/mol. The minimum Gasteiger partial charge on any atom is -0.383 e. The molecule has 6 nitrogen and oxygen atoms in total. The quantitative estimate of drug-likeness (QED) is 0.731. The Morgan fingerprint density at radius 2 is 2.23 bits per heavy atom. The molecular formula is C18H23ClN4O2S. The van der Waals surface area contributed by atoms with E-state index in [4.69, 9.17) is 16.3 Å². The number of nitrogens with one attached hydrogen (secondary N) is 1. The molecule has 2 aromatic rings. The molecule has 140 valence electrons. The molecule has 1 aromatic heterocycles. The van der Waals surface area contributed by atoms with Crippen LogP contribution in [-0.4, -0.2) is 48.6 Å². The maximum Gasteiger partial charge on any atom is 0.224 e. The topological polar surface area (TPSA) is 67.3 Å². The highest BCUT2D eigenvalue weighted by Crippen LogP contribution is 2.25. The van der Waals surface area contributed by atoms with Gasteiger partial charge in [-0.15, -0.1) is 0 Å². The Labute approximate surface area is 162 Å². The summed E-state index contributed by atoms with van der Waals surface area (Å²) >= 11 is 7.32. The second-order valence-electron chi connectivity index (χ2n) is 6.37. The number of methoxy groups -OCH3 is 1. The minimum absolute atomic E-state index is 0.00998. The number of benzene rings is 1. The number of rotatable bonds is 7. The number of hydrogen-bond donors (Lipinski definition) is 1. The molecule has 0 saturated carbocycles. The summed E-state index contributed by atoms with van der Waals surface area (Å²) in [7, 11) is 1.63. The number of aromatic nitrogens is 2. The highest BCUT2D eigenvalue weighted by molar-refractivity contribution is 7.09. The summed E-state index contributed by atoms with van der Waals surface area (Å²) in [5, 5.41) is 4.55. The Hall–Kier alpha value is -1.70. The Kier molecular flexibility index (Phi) is 6.82. The van der Waals surface area contributed by atoms with E-state index in [1.54, 1.807) is 7.11 Å². The Morgan fingerprint density at radius 3 is 3.00 bits per heavy atom. The maximum atomic E-state index is 12.3. The van der Waals surface area contributed by atoms with Crippen molar-refractivity contribution in [1.82, 2.24) is 14.7 Å². The molecule has 2 heterocycles. The van der Waals surface area contributed by atoms with Crippen molar-refractivity contribution in [3.05, 3.63) is 40.7 Å². The summed E-state index contributed by atoms with van der Waals surface area (Å²) in [5.41, 5.74) is 1.13. The molecule has 1 aliphatic heterocycles. The molecule has 8 heteroatoms. The molecule has 1 atom stereocenters. The van der Waals surface area contributed by atoms with Crippen LogP contribution in [0.2, 0.25) is 5.02 Å². The zero-order valence-corrected chi connectivity index (χ0v) is 16.4. The third-order valence-corrected chi connectivity index (χ3v) is 5.47. The third-order valence-electron chi connectivity index (χ3n) is 4.40. The fraction of sp³-hybridized carbons (Fsp3) is 0.500. The highest BCUT2D eigenvalue weighted by Gasteiger charge is 2.27. The smallest absolute Gasteiger partial charge is 0.224 e. The molecule has 0 radical (unpaired) electrons. The summed E-state index contributed by atoms with van der Waals surface area (Å²) in [4.78, 5) is 19.1. The molecule has 1 aliphatic rings. The average Bonchev–Trinajstić information content (AvgIpc) is 3.12. The van der Waals surface area contributed by atoms with E-state index in [-0.39, 0.29) is 11.8 Å². The summed E-state index contributed by atoms with van der Waals surface area (Å²) in [6.07, 6.45) is 2.57. The van der Waals surface area contributed by atoms with Crippen molar-refractivity contribution < 1.29 is 9.53 Å². The van der Waals surface area contributed by atoms with Gasteiger partial charge < -0.3 is 15.0 Å². The molecule has 1 aromatic carbocycles. The number of piperidine rings is 1. The minimum atomic E-state index is -0.00998. The molecule has 26 heavy (non-hydrogen) atoms. The van der Waals surface area contributed by atoms with Crippen molar-refractivity contribution >= 4 is 34.2 Å². The normalized spacial score (nSPS) is 17.3. The fourth-order valence-corrected chi connectivity index (χ4v) is 3.86. The predicted octanol–water partition coefficient (Wildman–Crippen LogP) is 2.76. The second-order valence-corrected chi connectivity index (χ2v) is 7.53. The van der Waals surface area contributed by atoms with E-state index in [0.717, 1.165) is 40.9 Å².